The first-order valence-corrected chi connectivity index (χ1v) is 7.24. The summed E-state index contributed by atoms with van der Waals surface area (Å²) in [5.74, 6) is 0.709. The third kappa shape index (κ3) is 4.52. The average Bonchev–Trinajstić information content (AvgIpc) is 2.47. The zero-order valence-corrected chi connectivity index (χ0v) is 11.8. The number of ether oxygens (including phenoxy) is 1. The molecule has 1 aliphatic rings. The summed E-state index contributed by atoms with van der Waals surface area (Å²) in [5, 5.41) is 22.1. The fourth-order valence-electron chi connectivity index (χ4n) is 2.65. The van der Waals surface area contributed by atoms with Crippen molar-refractivity contribution in [2.24, 2.45) is 0 Å². The number of nitriles is 1. The van der Waals surface area contributed by atoms with Crippen molar-refractivity contribution in [1.29, 1.82) is 5.26 Å². The minimum absolute atomic E-state index is 0.0740. The van der Waals surface area contributed by atoms with E-state index in [1.54, 1.807) is 0 Å². The molecule has 0 spiro atoms. The Morgan fingerprint density at radius 2 is 1.90 bits per heavy atom. The van der Waals surface area contributed by atoms with Crippen LogP contribution in [0, 0.1) is 11.3 Å². The van der Waals surface area contributed by atoms with Crippen LogP contribution in [0.15, 0.2) is 24.3 Å². The second-order valence-corrected chi connectivity index (χ2v) is 5.48. The third-order valence-electron chi connectivity index (χ3n) is 3.79. The first-order valence-electron chi connectivity index (χ1n) is 7.24. The van der Waals surface area contributed by atoms with Gasteiger partial charge in [0.05, 0.1) is 5.60 Å². The number of benzene rings is 1. The van der Waals surface area contributed by atoms with Crippen LogP contribution >= 0.6 is 0 Å². The molecule has 4 heteroatoms. The van der Waals surface area contributed by atoms with Crippen LogP contribution in [0.2, 0.25) is 0 Å². The van der Waals surface area contributed by atoms with E-state index >= 15 is 0 Å². The summed E-state index contributed by atoms with van der Waals surface area (Å²) < 4.78 is 5.20. The molecular formula is C16H22N2O2. The summed E-state index contributed by atoms with van der Waals surface area (Å²) >= 11 is 0. The summed E-state index contributed by atoms with van der Waals surface area (Å²) in [6.07, 6.45) is 5.31. The van der Waals surface area contributed by atoms with Crippen LogP contribution in [0.25, 0.3) is 0 Å². The molecule has 0 amide bonds. The molecule has 0 unspecified atom stereocenters. The maximum atomic E-state index is 10.4. The molecule has 1 aromatic carbocycles. The monoisotopic (exact) mass is 274 g/mol. The third-order valence-corrected chi connectivity index (χ3v) is 3.79. The molecule has 1 saturated carbocycles. The molecule has 0 atom stereocenters. The zero-order chi connectivity index (χ0) is 14.3. The molecule has 2 N–H and O–H groups in total. The van der Waals surface area contributed by atoms with Crippen LogP contribution in [-0.2, 0) is 6.54 Å². The fraction of sp³-hybridized carbons (Fsp3) is 0.562. The maximum Gasteiger partial charge on any atom is 0.174 e. The molecule has 0 heterocycles. The largest absolute Gasteiger partial charge is 0.479 e. The van der Waals surface area contributed by atoms with Crippen LogP contribution in [0.1, 0.15) is 37.7 Å². The quantitative estimate of drug-likeness (QED) is 0.836. The Morgan fingerprint density at radius 1 is 1.20 bits per heavy atom. The molecule has 0 aliphatic heterocycles. The van der Waals surface area contributed by atoms with E-state index in [4.69, 9.17) is 10.00 Å². The Hall–Kier alpha value is -1.57. The Labute approximate surface area is 120 Å². The zero-order valence-electron chi connectivity index (χ0n) is 11.8. The lowest BCUT2D eigenvalue weighted by Gasteiger charge is -2.32. The SMILES string of the molecule is N#CCOc1ccc(CNCC2(O)CCCCC2)cc1. The topological polar surface area (TPSA) is 65.3 Å². The van der Waals surface area contributed by atoms with Crippen LogP contribution < -0.4 is 10.1 Å². The van der Waals surface area contributed by atoms with Crippen molar-refractivity contribution in [3.05, 3.63) is 29.8 Å². The van der Waals surface area contributed by atoms with Crippen molar-refractivity contribution < 1.29 is 9.84 Å². The van der Waals surface area contributed by atoms with Crippen molar-refractivity contribution in [1.82, 2.24) is 5.32 Å². The predicted octanol–water partition coefficient (Wildman–Crippen LogP) is 2.37. The summed E-state index contributed by atoms with van der Waals surface area (Å²) in [6.45, 7) is 1.46. The molecule has 0 bridgehead atoms. The lowest BCUT2D eigenvalue weighted by molar-refractivity contribution is 0.00467. The van der Waals surface area contributed by atoms with Crippen LogP contribution in [0.3, 0.4) is 0 Å². The number of rotatable bonds is 6. The number of hydrogen-bond acceptors (Lipinski definition) is 4. The van der Waals surface area contributed by atoms with E-state index in [9.17, 15) is 5.11 Å². The molecule has 0 aromatic heterocycles. The fourth-order valence-corrected chi connectivity index (χ4v) is 2.65. The van der Waals surface area contributed by atoms with Gasteiger partial charge in [0, 0.05) is 13.1 Å². The molecular weight excluding hydrogens is 252 g/mol. The van der Waals surface area contributed by atoms with E-state index in [-0.39, 0.29) is 6.61 Å². The molecule has 20 heavy (non-hydrogen) atoms. The molecule has 0 saturated heterocycles. The highest BCUT2D eigenvalue weighted by Gasteiger charge is 2.28. The van der Waals surface area contributed by atoms with Gasteiger partial charge in [-0.25, -0.2) is 0 Å². The minimum Gasteiger partial charge on any atom is -0.479 e. The lowest BCUT2D eigenvalue weighted by atomic mass is 9.85. The van der Waals surface area contributed by atoms with Gasteiger partial charge in [-0.1, -0.05) is 31.4 Å². The van der Waals surface area contributed by atoms with Crippen molar-refractivity contribution in [2.45, 2.75) is 44.2 Å². The van der Waals surface area contributed by atoms with Gasteiger partial charge in [0.2, 0.25) is 0 Å². The van der Waals surface area contributed by atoms with Crippen LogP contribution in [-0.4, -0.2) is 23.9 Å². The van der Waals surface area contributed by atoms with Gasteiger partial charge in [-0.05, 0) is 30.5 Å². The van der Waals surface area contributed by atoms with Crippen molar-refractivity contribution in [3.8, 4) is 11.8 Å². The van der Waals surface area contributed by atoms with E-state index < -0.39 is 5.60 Å². The normalized spacial score (nSPS) is 17.4. The van der Waals surface area contributed by atoms with Gasteiger partial charge in [0.15, 0.2) is 6.61 Å². The smallest absolute Gasteiger partial charge is 0.174 e. The van der Waals surface area contributed by atoms with Gasteiger partial charge in [-0.15, -0.1) is 0 Å². The second kappa shape index (κ2) is 7.28. The highest BCUT2D eigenvalue weighted by molar-refractivity contribution is 5.27. The first-order chi connectivity index (χ1) is 9.72. The number of nitrogens with one attached hydrogen (secondary N) is 1. The van der Waals surface area contributed by atoms with Gasteiger partial charge in [-0.3, -0.25) is 0 Å². The molecule has 1 aromatic rings. The average molecular weight is 274 g/mol. The van der Waals surface area contributed by atoms with Gasteiger partial charge < -0.3 is 15.2 Å². The van der Waals surface area contributed by atoms with Gasteiger partial charge in [-0.2, -0.15) is 5.26 Å². The van der Waals surface area contributed by atoms with Crippen molar-refractivity contribution in [2.75, 3.05) is 13.2 Å². The van der Waals surface area contributed by atoms with Crippen LogP contribution in [0.5, 0.6) is 5.75 Å². The summed E-state index contributed by atoms with van der Waals surface area (Å²) in [6, 6.07) is 9.63. The summed E-state index contributed by atoms with van der Waals surface area (Å²) in [4.78, 5) is 0. The summed E-state index contributed by atoms with van der Waals surface area (Å²) in [7, 11) is 0. The highest BCUT2D eigenvalue weighted by Crippen LogP contribution is 2.27. The maximum absolute atomic E-state index is 10.4. The number of aliphatic hydroxyl groups is 1. The van der Waals surface area contributed by atoms with E-state index in [1.807, 2.05) is 30.3 Å². The van der Waals surface area contributed by atoms with Gasteiger partial charge in [0.25, 0.3) is 0 Å². The number of hydrogen-bond donors (Lipinski definition) is 2. The minimum atomic E-state index is -0.520. The lowest BCUT2D eigenvalue weighted by Crippen LogP contribution is -2.41. The van der Waals surface area contributed by atoms with E-state index in [0.29, 0.717) is 12.3 Å². The predicted molar refractivity (Wildman–Crippen MR) is 77.3 cm³/mol. The van der Waals surface area contributed by atoms with Gasteiger partial charge in [0.1, 0.15) is 11.8 Å². The Balaban J connectivity index is 1.75. The summed E-state index contributed by atoms with van der Waals surface area (Å²) in [5.41, 5.74) is 0.627. The van der Waals surface area contributed by atoms with Crippen LogP contribution in [0.4, 0.5) is 0 Å². The molecule has 108 valence electrons. The molecule has 4 nitrogen and oxygen atoms in total. The molecule has 1 aliphatic carbocycles. The highest BCUT2D eigenvalue weighted by atomic mass is 16.5. The number of nitrogens with zero attached hydrogens (tertiary/aromatic N) is 1. The van der Waals surface area contributed by atoms with Gasteiger partial charge >= 0.3 is 0 Å². The Morgan fingerprint density at radius 3 is 2.55 bits per heavy atom. The van der Waals surface area contributed by atoms with E-state index in [1.165, 1.54) is 6.42 Å². The van der Waals surface area contributed by atoms with Crippen molar-refractivity contribution in [3.63, 3.8) is 0 Å². The second-order valence-electron chi connectivity index (χ2n) is 5.48. The molecule has 2 rings (SSSR count). The first kappa shape index (κ1) is 14.8. The Kier molecular flexibility index (Phi) is 5.40. The molecule has 0 radical (unpaired) electrons. The van der Waals surface area contributed by atoms with E-state index in [2.05, 4.69) is 5.32 Å². The van der Waals surface area contributed by atoms with Crippen molar-refractivity contribution >= 4 is 0 Å². The Bertz CT molecular complexity index is 445. The molecule has 1 fully saturated rings. The van der Waals surface area contributed by atoms with E-state index in [0.717, 1.165) is 37.8 Å². The standard InChI is InChI=1S/C16H22N2O2/c17-10-11-20-15-6-4-14(5-7-15)12-18-13-16(19)8-2-1-3-9-16/h4-7,18-19H,1-3,8-9,11-13H2.